The Balaban J connectivity index is 3.97. The lowest BCUT2D eigenvalue weighted by Crippen LogP contribution is -2.47. The first-order valence-corrected chi connectivity index (χ1v) is 6.03. The maximum Gasteiger partial charge on any atom is 0.237 e. The van der Waals surface area contributed by atoms with Crippen LogP contribution in [0, 0.1) is 5.92 Å². The number of amides is 1. The Morgan fingerprint density at radius 1 is 1.53 bits per heavy atom. The van der Waals surface area contributed by atoms with Gasteiger partial charge in [-0.25, -0.2) is 0 Å². The van der Waals surface area contributed by atoms with Gasteiger partial charge in [0.05, 0.1) is 11.6 Å². The van der Waals surface area contributed by atoms with Crippen LogP contribution in [0.25, 0.3) is 0 Å². The minimum Gasteiger partial charge on any atom is -0.388 e. The molecule has 1 amide bonds. The van der Waals surface area contributed by atoms with Crippen molar-refractivity contribution in [3.8, 4) is 0 Å². The molecule has 0 aliphatic rings. The molecule has 0 aliphatic heterocycles. The minimum absolute atomic E-state index is 0.227. The van der Waals surface area contributed by atoms with Crippen molar-refractivity contribution in [1.29, 1.82) is 0 Å². The first kappa shape index (κ1) is 16.4. The summed E-state index contributed by atoms with van der Waals surface area (Å²) in [5.41, 5.74) is 4.78. The van der Waals surface area contributed by atoms with Gasteiger partial charge in [0.15, 0.2) is 0 Å². The molecular weight excluding hydrogens is 220 g/mol. The summed E-state index contributed by atoms with van der Waals surface area (Å²) in [5.74, 6) is 0.134. The maximum absolute atomic E-state index is 11.6. The Morgan fingerprint density at radius 2 is 2.12 bits per heavy atom. The highest BCUT2D eigenvalue weighted by Gasteiger charge is 2.23. The molecule has 0 bridgehead atoms. The molecule has 2 atom stereocenters. The predicted molar refractivity (Wildman–Crippen MR) is 67.6 cm³/mol. The van der Waals surface area contributed by atoms with E-state index in [1.807, 2.05) is 13.8 Å². The molecule has 0 aromatic rings. The summed E-state index contributed by atoms with van der Waals surface area (Å²) in [7, 11) is 1.57. The van der Waals surface area contributed by atoms with Crippen LogP contribution < -0.4 is 11.1 Å². The van der Waals surface area contributed by atoms with Crippen molar-refractivity contribution in [1.82, 2.24) is 5.32 Å². The molecule has 0 aliphatic carbocycles. The average molecular weight is 246 g/mol. The molecule has 0 radical (unpaired) electrons. The molecule has 4 N–H and O–H groups in total. The number of nitrogens with one attached hydrogen (secondary N) is 1. The van der Waals surface area contributed by atoms with Crippen LogP contribution in [0.3, 0.4) is 0 Å². The summed E-state index contributed by atoms with van der Waals surface area (Å²) in [6.45, 7) is 6.46. The number of methoxy groups -OCH3 is 1. The molecule has 0 aromatic heterocycles. The second-order valence-corrected chi connectivity index (χ2v) is 5.20. The quantitative estimate of drug-likeness (QED) is 0.573. The van der Waals surface area contributed by atoms with Crippen LogP contribution in [0.4, 0.5) is 0 Å². The van der Waals surface area contributed by atoms with Gasteiger partial charge in [0, 0.05) is 20.3 Å². The Hall–Kier alpha value is -0.650. The van der Waals surface area contributed by atoms with Crippen LogP contribution in [0.5, 0.6) is 0 Å². The fourth-order valence-electron chi connectivity index (χ4n) is 1.74. The lowest BCUT2D eigenvalue weighted by Gasteiger charge is -2.26. The second-order valence-electron chi connectivity index (χ2n) is 5.20. The van der Waals surface area contributed by atoms with Gasteiger partial charge in [-0.2, -0.15) is 0 Å². The third kappa shape index (κ3) is 8.12. The van der Waals surface area contributed by atoms with Crippen molar-refractivity contribution in [2.24, 2.45) is 11.7 Å². The van der Waals surface area contributed by atoms with Crippen molar-refractivity contribution < 1.29 is 14.6 Å². The SMILES string of the molecule is COCCC(N)C(=O)NCC(C)(O)CC(C)C. The van der Waals surface area contributed by atoms with Gasteiger partial charge < -0.3 is 20.9 Å². The van der Waals surface area contributed by atoms with E-state index in [1.165, 1.54) is 0 Å². The number of nitrogens with two attached hydrogens (primary N) is 1. The van der Waals surface area contributed by atoms with E-state index >= 15 is 0 Å². The molecule has 5 nitrogen and oxygen atoms in total. The molecule has 0 spiro atoms. The second kappa shape index (κ2) is 7.63. The first-order valence-electron chi connectivity index (χ1n) is 6.03. The fourth-order valence-corrected chi connectivity index (χ4v) is 1.74. The fraction of sp³-hybridized carbons (Fsp3) is 0.917. The van der Waals surface area contributed by atoms with Crippen molar-refractivity contribution in [3.63, 3.8) is 0 Å². The molecule has 0 saturated carbocycles. The number of carbonyl (C=O) groups excluding carboxylic acids is 1. The largest absolute Gasteiger partial charge is 0.388 e. The summed E-state index contributed by atoms with van der Waals surface area (Å²) >= 11 is 0. The maximum atomic E-state index is 11.6. The Bertz CT molecular complexity index is 230. The van der Waals surface area contributed by atoms with Crippen LogP contribution in [-0.2, 0) is 9.53 Å². The molecule has 0 saturated heterocycles. The average Bonchev–Trinajstić information content (AvgIpc) is 2.20. The van der Waals surface area contributed by atoms with E-state index in [9.17, 15) is 9.90 Å². The van der Waals surface area contributed by atoms with Crippen LogP contribution in [0.15, 0.2) is 0 Å². The van der Waals surface area contributed by atoms with E-state index in [0.717, 1.165) is 0 Å². The van der Waals surface area contributed by atoms with E-state index in [-0.39, 0.29) is 12.5 Å². The van der Waals surface area contributed by atoms with Crippen molar-refractivity contribution in [2.45, 2.75) is 45.3 Å². The summed E-state index contributed by atoms with van der Waals surface area (Å²) in [5, 5.41) is 12.7. The molecule has 102 valence electrons. The third-order valence-electron chi connectivity index (χ3n) is 2.46. The van der Waals surface area contributed by atoms with Crippen LogP contribution in [0.2, 0.25) is 0 Å². The number of carbonyl (C=O) groups is 1. The number of hydrogen-bond acceptors (Lipinski definition) is 4. The van der Waals surface area contributed by atoms with Gasteiger partial charge in [0.25, 0.3) is 0 Å². The van der Waals surface area contributed by atoms with Crippen molar-refractivity contribution >= 4 is 5.91 Å². The van der Waals surface area contributed by atoms with Crippen molar-refractivity contribution in [2.75, 3.05) is 20.3 Å². The number of rotatable bonds is 8. The summed E-state index contributed by atoms with van der Waals surface area (Å²) < 4.78 is 4.85. The lowest BCUT2D eigenvalue weighted by atomic mass is 9.94. The highest BCUT2D eigenvalue weighted by molar-refractivity contribution is 5.81. The monoisotopic (exact) mass is 246 g/mol. The van der Waals surface area contributed by atoms with E-state index in [2.05, 4.69) is 5.32 Å². The zero-order valence-electron chi connectivity index (χ0n) is 11.3. The molecular formula is C12H26N2O3. The van der Waals surface area contributed by atoms with Crippen LogP contribution in [-0.4, -0.2) is 42.9 Å². The Morgan fingerprint density at radius 3 is 2.59 bits per heavy atom. The lowest BCUT2D eigenvalue weighted by molar-refractivity contribution is -0.124. The highest BCUT2D eigenvalue weighted by atomic mass is 16.5. The molecule has 5 heteroatoms. The predicted octanol–water partition coefficient (Wildman–Crippen LogP) is 0.264. The van der Waals surface area contributed by atoms with E-state index < -0.39 is 11.6 Å². The minimum atomic E-state index is -0.884. The molecule has 17 heavy (non-hydrogen) atoms. The molecule has 0 heterocycles. The normalized spacial score (nSPS) is 16.6. The van der Waals surface area contributed by atoms with E-state index in [4.69, 9.17) is 10.5 Å². The van der Waals surface area contributed by atoms with Gasteiger partial charge in [0.2, 0.25) is 5.91 Å². The topological polar surface area (TPSA) is 84.6 Å². The summed E-state index contributed by atoms with van der Waals surface area (Å²) in [4.78, 5) is 11.6. The van der Waals surface area contributed by atoms with E-state index in [1.54, 1.807) is 14.0 Å². The highest BCUT2D eigenvalue weighted by Crippen LogP contribution is 2.14. The molecule has 0 rings (SSSR count). The van der Waals surface area contributed by atoms with Gasteiger partial charge in [-0.3, -0.25) is 4.79 Å². The van der Waals surface area contributed by atoms with Gasteiger partial charge in [-0.1, -0.05) is 13.8 Å². The summed E-state index contributed by atoms with van der Waals surface area (Å²) in [6, 6.07) is -0.579. The van der Waals surface area contributed by atoms with Crippen LogP contribution >= 0.6 is 0 Å². The zero-order chi connectivity index (χ0) is 13.5. The summed E-state index contributed by atoms with van der Waals surface area (Å²) in [6.07, 6.45) is 1.12. The van der Waals surface area contributed by atoms with Crippen molar-refractivity contribution in [3.05, 3.63) is 0 Å². The zero-order valence-corrected chi connectivity index (χ0v) is 11.3. The van der Waals surface area contributed by atoms with Gasteiger partial charge in [0.1, 0.15) is 0 Å². The molecule has 0 aromatic carbocycles. The van der Waals surface area contributed by atoms with Crippen LogP contribution in [0.1, 0.15) is 33.6 Å². The van der Waals surface area contributed by atoms with Gasteiger partial charge in [-0.05, 0) is 25.7 Å². The first-order chi connectivity index (χ1) is 7.78. The Labute approximate surface area is 104 Å². The number of aliphatic hydroxyl groups is 1. The third-order valence-corrected chi connectivity index (χ3v) is 2.46. The Kier molecular flexibility index (Phi) is 7.34. The number of hydrogen-bond donors (Lipinski definition) is 3. The van der Waals surface area contributed by atoms with E-state index in [0.29, 0.717) is 25.4 Å². The number of ether oxygens (including phenoxy) is 1. The smallest absolute Gasteiger partial charge is 0.237 e. The van der Waals surface area contributed by atoms with Gasteiger partial charge >= 0.3 is 0 Å². The van der Waals surface area contributed by atoms with Gasteiger partial charge in [-0.15, -0.1) is 0 Å². The molecule has 2 unspecified atom stereocenters. The standard InChI is InChI=1S/C12H26N2O3/c1-9(2)7-12(3,16)8-14-11(15)10(13)5-6-17-4/h9-10,16H,5-8,13H2,1-4H3,(H,14,15). The molecule has 0 fully saturated rings.